The molecule has 0 aliphatic carbocycles. The fourth-order valence-corrected chi connectivity index (χ4v) is 1.67. The molecule has 0 heterocycles. The molecule has 0 bridgehead atoms. The molecule has 17 heavy (non-hydrogen) atoms. The topological polar surface area (TPSA) is 29.5 Å². The Labute approximate surface area is 105 Å². The molecule has 0 spiro atoms. The normalized spacial score (nSPS) is 12.6. The van der Waals surface area contributed by atoms with Crippen molar-refractivity contribution >= 4 is 0 Å². The highest BCUT2D eigenvalue weighted by atomic mass is 16.5. The van der Waals surface area contributed by atoms with Crippen LogP contribution in [0.1, 0.15) is 37.3 Å². The molecular weight excluding hydrogens is 212 g/mol. The summed E-state index contributed by atoms with van der Waals surface area (Å²) >= 11 is 0. The lowest BCUT2D eigenvalue weighted by atomic mass is 10.0. The van der Waals surface area contributed by atoms with Gasteiger partial charge in [-0.3, -0.25) is 0 Å². The van der Waals surface area contributed by atoms with Crippen LogP contribution in [0, 0.1) is 6.92 Å². The van der Waals surface area contributed by atoms with Gasteiger partial charge >= 0.3 is 0 Å². The van der Waals surface area contributed by atoms with Gasteiger partial charge in [-0.2, -0.15) is 0 Å². The fraction of sp³-hybridized carbons (Fsp3) is 0.600. The Balaban J connectivity index is 2.16. The first kappa shape index (κ1) is 14.2. The Hall–Kier alpha value is -0.860. The largest absolute Gasteiger partial charge is 0.393 e. The number of hydrogen-bond acceptors (Lipinski definition) is 2. The summed E-state index contributed by atoms with van der Waals surface area (Å²) in [6, 6.07) is 8.33. The van der Waals surface area contributed by atoms with Crippen LogP contribution in [0.15, 0.2) is 24.3 Å². The second kappa shape index (κ2) is 8.26. The van der Waals surface area contributed by atoms with Crippen molar-refractivity contribution in [2.75, 3.05) is 13.2 Å². The third kappa shape index (κ3) is 6.44. The average molecular weight is 236 g/mol. The number of benzene rings is 1. The van der Waals surface area contributed by atoms with Crippen LogP contribution in [-0.2, 0) is 11.2 Å². The molecule has 1 rings (SSSR count). The SMILES string of the molecule is CCCCOCCC(O)Cc1ccc(C)cc1. The molecule has 0 fully saturated rings. The highest BCUT2D eigenvalue weighted by Gasteiger charge is 2.05. The molecule has 1 unspecified atom stereocenters. The van der Waals surface area contributed by atoms with Gasteiger partial charge in [-0.25, -0.2) is 0 Å². The Kier molecular flexibility index (Phi) is 6.90. The van der Waals surface area contributed by atoms with E-state index in [2.05, 4.69) is 38.1 Å². The molecule has 0 aliphatic heterocycles. The molecule has 1 atom stereocenters. The van der Waals surface area contributed by atoms with Gasteiger partial charge in [0.05, 0.1) is 6.10 Å². The van der Waals surface area contributed by atoms with Gasteiger partial charge in [0, 0.05) is 13.2 Å². The van der Waals surface area contributed by atoms with E-state index >= 15 is 0 Å². The van der Waals surface area contributed by atoms with Crippen molar-refractivity contribution < 1.29 is 9.84 Å². The van der Waals surface area contributed by atoms with E-state index in [9.17, 15) is 5.11 Å². The van der Waals surface area contributed by atoms with Crippen molar-refractivity contribution in [3.8, 4) is 0 Å². The zero-order chi connectivity index (χ0) is 12.5. The summed E-state index contributed by atoms with van der Waals surface area (Å²) in [5.74, 6) is 0. The summed E-state index contributed by atoms with van der Waals surface area (Å²) in [7, 11) is 0. The minimum Gasteiger partial charge on any atom is -0.393 e. The van der Waals surface area contributed by atoms with Crippen LogP contribution < -0.4 is 0 Å². The Morgan fingerprint density at radius 2 is 1.88 bits per heavy atom. The summed E-state index contributed by atoms with van der Waals surface area (Å²) in [5.41, 5.74) is 2.45. The fourth-order valence-electron chi connectivity index (χ4n) is 1.67. The first-order valence-corrected chi connectivity index (χ1v) is 6.53. The van der Waals surface area contributed by atoms with Crippen LogP contribution in [0.3, 0.4) is 0 Å². The van der Waals surface area contributed by atoms with Crippen LogP contribution in [-0.4, -0.2) is 24.4 Å². The predicted octanol–water partition coefficient (Wildman–Crippen LogP) is 3.11. The van der Waals surface area contributed by atoms with Crippen LogP contribution in [0.5, 0.6) is 0 Å². The first-order chi connectivity index (χ1) is 8.22. The molecular formula is C15H24O2. The number of aliphatic hydroxyl groups is 1. The average Bonchev–Trinajstić information content (AvgIpc) is 2.32. The maximum atomic E-state index is 9.85. The summed E-state index contributed by atoms with van der Waals surface area (Å²) in [5, 5.41) is 9.85. The number of aliphatic hydroxyl groups excluding tert-OH is 1. The van der Waals surface area contributed by atoms with Crippen molar-refractivity contribution in [2.45, 2.75) is 45.6 Å². The quantitative estimate of drug-likeness (QED) is 0.703. The Bertz CT molecular complexity index is 292. The molecule has 0 saturated heterocycles. The number of ether oxygens (including phenoxy) is 1. The highest BCUT2D eigenvalue weighted by Crippen LogP contribution is 2.08. The first-order valence-electron chi connectivity index (χ1n) is 6.53. The highest BCUT2D eigenvalue weighted by molar-refractivity contribution is 5.21. The van der Waals surface area contributed by atoms with E-state index in [0.29, 0.717) is 6.61 Å². The van der Waals surface area contributed by atoms with Crippen molar-refractivity contribution in [3.05, 3.63) is 35.4 Å². The molecule has 2 nitrogen and oxygen atoms in total. The minimum absolute atomic E-state index is 0.292. The van der Waals surface area contributed by atoms with Crippen LogP contribution >= 0.6 is 0 Å². The lowest BCUT2D eigenvalue weighted by Gasteiger charge is -2.11. The van der Waals surface area contributed by atoms with Crippen molar-refractivity contribution in [3.63, 3.8) is 0 Å². The van der Waals surface area contributed by atoms with Crippen LogP contribution in [0.4, 0.5) is 0 Å². The number of aryl methyl sites for hydroxylation is 1. The van der Waals surface area contributed by atoms with Crippen LogP contribution in [0.2, 0.25) is 0 Å². The third-order valence-electron chi connectivity index (χ3n) is 2.83. The second-order valence-corrected chi connectivity index (χ2v) is 4.60. The van der Waals surface area contributed by atoms with Crippen molar-refractivity contribution in [1.82, 2.24) is 0 Å². The number of unbranched alkanes of at least 4 members (excludes halogenated alkanes) is 1. The molecule has 0 amide bonds. The lowest BCUT2D eigenvalue weighted by Crippen LogP contribution is -2.14. The van der Waals surface area contributed by atoms with Gasteiger partial charge in [-0.05, 0) is 31.7 Å². The maximum Gasteiger partial charge on any atom is 0.0602 e. The van der Waals surface area contributed by atoms with Crippen LogP contribution in [0.25, 0.3) is 0 Å². The van der Waals surface area contributed by atoms with E-state index in [1.807, 2.05) is 0 Å². The van der Waals surface area contributed by atoms with E-state index in [-0.39, 0.29) is 6.10 Å². The van der Waals surface area contributed by atoms with Gasteiger partial charge in [0.15, 0.2) is 0 Å². The molecule has 0 saturated carbocycles. The second-order valence-electron chi connectivity index (χ2n) is 4.60. The molecule has 1 N–H and O–H groups in total. The predicted molar refractivity (Wildman–Crippen MR) is 71.2 cm³/mol. The molecule has 1 aromatic carbocycles. The van der Waals surface area contributed by atoms with E-state index in [0.717, 1.165) is 32.3 Å². The summed E-state index contributed by atoms with van der Waals surface area (Å²) in [6.07, 6.45) is 3.41. The standard InChI is InChI=1S/C15H24O2/c1-3-4-10-17-11-9-15(16)12-14-7-5-13(2)6-8-14/h5-8,15-16H,3-4,9-12H2,1-2H3. The molecule has 96 valence electrons. The van der Waals surface area contributed by atoms with Gasteiger partial charge < -0.3 is 9.84 Å². The smallest absolute Gasteiger partial charge is 0.0602 e. The molecule has 0 aliphatic rings. The van der Waals surface area contributed by atoms with E-state index in [4.69, 9.17) is 4.74 Å². The maximum absolute atomic E-state index is 9.85. The summed E-state index contributed by atoms with van der Waals surface area (Å²) in [6.45, 7) is 5.69. The summed E-state index contributed by atoms with van der Waals surface area (Å²) in [4.78, 5) is 0. The van der Waals surface area contributed by atoms with Gasteiger partial charge in [0.1, 0.15) is 0 Å². The van der Waals surface area contributed by atoms with Gasteiger partial charge in [-0.15, -0.1) is 0 Å². The van der Waals surface area contributed by atoms with Gasteiger partial charge in [-0.1, -0.05) is 43.2 Å². The molecule has 2 heteroatoms. The molecule has 0 radical (unpaired) electrons. The Morgan fingerprint density at radius 1 is 1.18 bits per heavy atom. The minimum atomic E-state index is -0.292. The van der Waals surface area contributed by atoms with E-state index in [1.165, 1.54) is 11.1 Å². The number of rotatable bonds is 8. The number of hydrogen-bond donors (Lipinski definition) is 1. The van der Waals surface area contributed by atoms with Gasteiger partial charge in [0.25, 0.3) is 0 Å². The van der Waals surface area contributed by atoms with Crippen molar-refractivity contribution in [1.29, 1.82) is 0 Å². The lowest BCUT2D eigenvalue weighted by molar-refractivity contribution is 0.0807. The third-order valence-corrected chi connectivity index (χ3v) is 2.83. The summed E-state index contributed by atoms with van der Waals surface area (Å²) < 4.78 is 5.44. The van der Waals surface area contributed by atoms with E-state index < -0.39 is 0 Å². The monoisotopic (exact) mass is 236 g/mol. The van der Waals surface area contributed by atoms with Gasteiger partial charge in [0.2, 0.25) is 0 Å². The zero-order valence-electron chi connectivity index (χ0n) is 11.0. The van der Waals surface area contributed by atoms with E-state index in [1.54, 1.807) is 0 Å². The molecule has 0 aromatic heterocycles. The molecule has 1 aromatic rings. The van der Waals surface area contributed by atoms with Crippen molar-refractivity contribution in [2.24, 2.45) is 0 Å². The Morgan fingerprint density at radius 3 is 2.53 bits per heavy atom. The zero-order valence-corrected chi connectivity index (χ0v) is 11.0.